The number of rotatable bonds is 4. The van der Waals surface area contributed by atoms with Crippen LogP contribution < -0.4 is 5.32 Å². The number of halogens is 3. The van der Waals surface area contributed by atoms with E-state index in [1.165, 1.54) is 12.1 Å². The summed E-state index contributed by atoms with van der Waals surface area (Å²) >= 11 is 0. The Labute approximate surface area is 188 Å². The number of alkyl halides is 3. The topological polar surface area (TPSA) is 58.6 Å². The summed E-state index contributed by atoms with van der Waals surface area (Å²) in [5.41, 5.74) is 1.44. The first kappa shape index (κ1) is 22.5. The van der Waals surface area contributed by atoms with Crippen molar-refractivity contribution >= 4 is 17.5 Å². The number of amides is 2. The van der Waals surface area contributed by atoms with Crippen molar-refractivity contribution < 1.29 is 27.5 Å². The van der Waals surface area contributed by atoms with Crippen molar-refractivity contribution in [3.8, 4) is 11.1 Å². The fraction of sp³-hybridized carbons (Fsp3) is 0.200. The van der Waals surface area contributed by atoms with Crippen molar-refractivity contribution in [3.63, 3.8) is 0 Å². The second-order valence-corrected chi connectivity index (χ2v) is 7.56. The summed E-state index contributed by atoms with van der Waals surface area (Å²) in [5, 5.41) is 2.79. The van der Waals surface area contributed by atoms with Crippen LogP contribution in [-0.2, 0) is 10.9 Å². The zero-order valence-corrected chi connectivity index (χ0v) is 17.6. The number of nitrogens with zero attached hydrogens (tertiary/aromatic N) is 1. The Kier molecular flexibility index (Phi) is 6.46. The quantitative estimate of drug-likeness (QED) is 0.597. The minimum Gasteiger partial charge on any atom is -0.378 e. The third-order valence-electron chi connectivity index (χ3n) is 5.36. The Morgan fingerprint density at radius 1 is 0.879 bits per heavy atom. The highest BCUT2D eigenvalue weighted by Gasteiger charge is 2.30. The molecule has 0 saturated carbocycles. The average Bonchev–Trinajstić information content (AvgIpc) is 2.84. The van der Waals surface area contributed by atoms with Crippen LogP contribution in [0.25, 0.3) is 11.1 Å². The molecular weight excluding hydrogens is 433 g/mol. The monoisotopic (exact) mass is 454 g/mol. The van der Waals surface area contributed by atoms with Crippen molar-refractivity contribution in [2.24, 2.45) is 0 Å². The molecule has 1 aliphatic heterocycles. The minimum atomic E-state index is -4.43. The molecule has 1 fully saturated rings. The van der Waals surface area contributed by atoms with Crippen LogP contribution in [0, 0.1) is 0 Å². The van der Waals surface area contributed by atoms with Gasteiger partial charge >= 0.3 is 6.18 Å². The van der Waals surface area contributed by atoms with Crippen molar-refractivity contribution in [3.05, 3.63) is 89.5 Å². The number of anilines is 1. The highest BCUT2D eigenvalue weighted by atomic mass is 19.4. The maximum atomic E-state index is 13.0. The fourth-order valence-electron chi connectivity index (χ4n) is 3.65. The molecule has 5 nitrogen and oxygen atoms in total. The van der Waals surface area contributed by atoms with Crippen LogP contribution in [0.2, 0.25) is 0 Å². The lowest BCUT2D eigenvalue weighted by Crippen LogP contribution is -2.40. The van der Waals surface area contributed by atoms with Gasteiger partial charge in [-0.25, -0.2) is 0 Å². The number of ether oxygens (including phenoxy) is 1. The molecular formula is C25H21F3N2O3. The van der Waals surface area contributed by atoms with Gasteiger partial charge in [-0.1, -0.05) is 36.4 Å². The van der Waals surface area contributed by atoms with Gasteiger partial charge in [0.15, 0.2) is 0 Å². The van der Waals surface area contributed by atoms with Crippen molar-refractivity contribution in [1.82, 2.24) is 4.90 Å². The molecule has 3 aromatic carbocycles. The van der Waals surface area contributed by atoms with Crippen LogP contribution in [0.5, 0.6) is 0 Å². The average molecular weight is 454 g/mol. The van der Waals surface area contributed by atoms with Crippen LogP contribution in [0.4, 0.5) is 18.9 Å². The van der Waals surface area contributed by atoms with Gasteiger partial charge in [0.25, 0.3) is 11.8 Å². The molecule has 0 bridgehead atoms. The van der Waals surface area contributed by atoms with Gasteiger partial charge in [0.1, 0.15) is 0 Å². The number of carbonyl (C=O) groups excluding carboxylic acids is 2. The second-order valence-electron chi connectivity index (χ2n) is 7.56. The van der Waals surface area contributed by atoms with E-state index in [0.717, 1.165) is 12.1 Å². The number of nitrogens with one attached hydrogen (secondary N) is 1. The van der Waals surface area contributed by atoms with Gasteiger partial charge in [0, 0.05) is 29.9 Å². The number of benzene rings is 3. The molecule has 170 valence electrons. The molecule has 0 radical (unpaired) electrons. The third-order valence-corrected chi connectivity index (χ3v) is 5.36. The lowest BCUT2D eigenvalue weighted by Gasteiger charge is -2.27. The van der Waals surface area contributed by atoms with E-state index in [-0.39, 0.29) is 5.91 Å². The van der Waals surface area contributed by atoms with Gasteiger partial charge in [-0.2, -0.15) is 13.2 Å². The Balaban J connectivity index is 1.55. The lowest BCUT2D eigenvalue weighted by atomic mass is 9.98. The van der Waals surface area contributed by atoms with E-state index in [9.17, 15) is 22.8 Å². The molecule has 4 rings (SSSR count). The van der Waals surface area contributed by atoms with Crippen LogP contribution in [0.1, 0.15) is 26.3 Å². The highest BCUT2D eigenvalue weighted by molar-refractivity contribution is 6.09. The maximum absolute atomic E-state index is 13.0. The van der Waals surface area contributed by atoms with Crippen LogP contribution in [0.3, 0.4) is 0 Å². The molecule has 0 spiro atoms. The Morgan fingerprint density at radius 2 is 1.58 bits per heavy atom. The number of hydrogen-bond donors (Lipinski definition) is 1. The van der Waals surface area contributed by atoms with Gasteiger partial charge in [-0.15, -0.1) is 0 Å². The molecule has 0 aliphatic carbocycles. The van der Waals surface area contributed by atoms with E-state index in [0.29, 0.717) is 54.2 Å². The molecule has 3 aromatic rings. The zero-order valence-electron chi connectivity index (χ0n) is 17.6. The molecule has 33 heavy (non-hydrogen) atoms. The molecule has 1 N–H and O–H groups in total. The largest absolute Gasteiger partial charge is 0.416 e. The number of morpholine rings is 1. The molecule has 2 amide bonds. The molecule has 1 heterocycles. The van der Waals surface area contributed by atoms with Crippen LogP contribution >= 0.6 is 0 Å². The summed E-state index contributed by atoms with van der Waals surface area (Å²) in [6, 6.07) is 18.0. The Morgan fingerprint density at radius 3 is 2.27 bits per heavy atom. The van der Waals surface area contributed by atoms with Crippen molar-refractivity contribution in [2.75, 3.05) is 31.6 Å². The van der Waals surface area contributed by atoms with Gasteiger partial charge in [-0.3, -0.25) is 9.59 Å². The summed E-state index contributed by atoms with van der Waals surface area (Å²) in [6.45, 7) is 2.00. The van der Waals surface area contributed by atoms with E-state index in [1.54, 1.807) is 53.4 Å². The molecule has 0 atom stereocenters. The summed E-state index contributed by atoms with van der Waals surface area (Å²) in [7, 11) is 0. The van der Waals surface area contributed by atoms with E-state index in [4.69, 9.17) is 4.74 Å². The smallest absolute Gasteiger partial charge is 0.378 e. The maximum Gasteiger partial charge on any atom is 0.416 e. The summed E-state index contributed by atoms with van der Waals surface area (Å²) < 4.78 is 43.9. The van der Waals surface area contributed by atoms with Crippen molar-refractivity contribution in [2.45, 2.75) is 6.18 Å². The number of carbonyl (C=O) groups is 2. The van der Waals surface area contributed by atoms with E-state index < -0.39 is 17.6 Å². The van der Waals surface area contributed by atoms with E-state index in [1.807, 2.05) is 0 Å². The SMILES string of the molecule is O=C(Nc1cccc(C(=O)N2CCOCC2)c1)c1ccccc1-c1ccc(C(F)(F)F)cc1. The standard InChI is InChI=1S/C25H21F3N2O3/c26-25(27,28)19-10-8-17(9-11-19)21-6-1-2-7-22(21)23(31)29-20-5-3-4-18(16-20)24(32)30-12-14-33-15-13-30/h1-11,16H,12-15H2,(H,29,31). The molecule has 0 aromatic heterocycles. The van der Waals surface area contributed by atoms with Crippen LogP contribution in [0.15, 0.2) is 72.8 Å². The Bertz CT molecular complexity index is 1150. The summed E-state index contributed by atoms with van der Waals surface area (Å²) in [5.74, 6) is -0.568. The van der Waals surface area contributed by atoms with E-state index >= 15 is 0 Å². The van der Waals surface area contributed by atoms with E-state index in [2.05, 4.69) is 5.32 Å². The van der Waals surface area contributed by atoms with Gasteiger partial charge < -0.3 is 15.0 Å². The van der Waals surface area contributed by atoms with Crippen molar-refractivity contribution in [1.29, 1.82) is 0 Å². The molecule has 1 aliphatic rings. The lowest BCUT2D eigenvalue weighted by molar-refractivity contribution is -0.137. The van der Waals surface area contributed by atoms with Gasteiger partial charge in [0.2, 0.25) is 0 Å². The predicted octanol–water partition coefficient (Wildman–Crippen LogP) is 5.10. The minimum absolute atomic E-state index is 0.139. The summed E-state index contributed by atoms with van der Waals surface area (Å²) in [4.78, 5) is 27.4. The first-order valence-electron chi connectivity index (χ1n) is 10.4. The van der Waals surface area contributed by atoms with Crippen LogP contribution in [-0.4, -0.2) is 43.0 Å². The predicted molar refractivity (Wildman–Crippen MR) is 118 cm³/mol. The number of hydrogen-bond acceptors (Lipinski definition) is 3. The molecule has 8 heteroatoms. The van der Waals surface area contributed by atoms with Gasteiger partial charge in [0.05, 0.1) is 18.8 Å². The first-order chi connectivity index (χ1) is 15.8. The summed E-state index contributed by atoms with van der Waals surface area (Å²) in [6.07, 6.45) is -4.43. The fourth-order valence-corrected chi connectivity index (χ4v) is 3.65. The highest BCUT2D eigenvalue weighted by Crippen LogP contribution is 2.32. The second kappa shape index (κ2) is 9.46. The first-order valence-corrected chi connectivity index (χ1v) is 10.4. The zero-order chi connectivity index (χ0) is 23.4. The normalized spacial score (nSPS) is 14.1. The third kappa shape index (κ3) is 5.23. The molecule has 0 unspecified atom stereocenters. The Hall–Kier alpha value is -3.65. The molecule has 1 saturated heterocycles. The van der Waals surface area contributed by atoms with Gasteiger partial charge in [-0.05, 0) is 47.5 Å².